The molecule has 0 spiro atoms. The van der Waals surface area contributed by atoms with E-state index >= 15 is 0 Å². The standard InChI is InChI=1S/C23H28N4O2/c1-25-14-16-27(17-15-25)23(29)19-4-8-20(9-5-19)24-22(28)18-6-10-21(11-7-18)26-12-2-3-13-26/h4-11H,2-3,12-17H2,1H3,(H,24,28). The molecule has 0 unspecified atom stereocenters. The third-order valence-electron chi connectivity index (χ3n) is 5.78. The third-order valence-corrected chi connectivity index (χ3v) is 5.78. The van der Waals surface area contributed by atoms with E-state index in [1.807, 2.05) is 29.2 Å². The van der Waals surface area contributed by atoms with Gasteiger partial charge in [-0.2, -0.15) is 0 Å². The number of amides is 2. The Bertz CT molecular complexity index is 849. The first-order valence-corrected chi connectivity index (χ1v) is 10.3. The quantitative estimate of drug-likeness (QED) is 0.869. The molecule has 0 bridgehead atoms. The van der Waals surface area contributed by atoms with Gasteiger partial charge in [-0.25, -0.2) is 0 Å². The Balaban J connectivity index is 1.35. The van der Waals surface area contributed by atoms with Gasteiger partial charge in [-0.3, -0.25) is 9.59 Å². The van der Waals surface area contributed by atoms with Crippen LogP contribution in [-0.2, 0) is 0 Å². The second-order valence-electron chi connectivity index (χ2n) is 7.87. The topological polar surface area (TPSA) is 55.9 Å². The molecule has 2 aliphatic rings. The molecule has 152 valence electrons. The van der Waals surface area contributed by atoms with Crippen LogP contribution in [-0.4, -0.2) is 67.9 Å². The summed E-state index contributed by atoms with van der Waals surface area (Å²) in [4.78, 5) is 31.6. The maximum atomic E-state index is 12.6. The highest BCUT2D eigenvalue weighted by atomic mass is 16.2. The van der Waals surface area contributed by atoms with Crippen LogP contribution in [0.4, 0.5) is 11.4 Å². The number of carbonyl (C=O) groups is 2. The normalized spacial score (nSPS) is 17.4. The van der Waals surface area contributed by atoms with Gasteiger partial charge in [0.05, 0.1) is 0 Å². The summed E-state index contributed by atoms with van der Waals surface area (Å²) < 4.78 is 0. The molecule has 2 fully saturated rings. The van der Waals surface area contributed by atoms with Crippen molar-refractivity contribution in [1.29, 1.82) is 0 Å². The Morgan fingerprint density at radius 2 is 1.34 bits per heavy atom. The lowest BCUT2D eigenvalue weighted by molar-refractivity contribution is 0.0664. The van der Waals surface area contributed by atoms with Gasteiger partial charge in [0, 0.05) is 61.8 Å². The lowest BCUT2D eigenvalue weighted by Gasteiger charge is -2.32. The fourth-order valence-electron chi connectivity index (χ4n) is 3.89. The zero-order valence-electron chi connectivity index (χ0n) is 16.9. The summed E-state index contributed by atoms with van der Waals surface area (Å²) >= 11 is 0. The second kappa shape index (κ2) is 8.66. The number of rotatable bonds is 4. The summed E-state index contributed by atoms with van der Waals surface area (Å²) in [6, 6.07) is 14.9. The number of hydrogen-bond acceptors (Lipinski definition) is 4. The molecule has 2 amide bonds. The van der Waals surface area contributed by atoms with Crippen LogP contribution in [0, 0.1) is 0 Å². The van der Waals surface area contributed by atoms with Crippen molar-refractivity contribution in [2.24, 2.45) is 0 Å². The Hall–Kier alpha value is -2.86. The number of piperazine rings is 1. The minimum atomic E-state index is -0.142. The predicted molar refractivity (Wildman–Crippen MR) is 116 cm³/mol. The fraction of sp³-hybridized carbons (Fsp3) is 0.391. The van der Waals surface area contributed by atoms with Gasteiger partial charge in [-0.1, -0.05) is 0 Å². The molecule has 0 atom stereocenters. The maximum Gasteiger partial charge on any atom is 0.255 e. The lowest BCUT2D eigenvalue weighted by atomic mass is 10.1. The minimum Gasteiger partial charge on any atom is -0.372 e. The summed E-state index contributed by atoms with van der Waals surface area (Å²) in [5.41, 5.74) is 3.15. The average molecular weight is 393 g/mol. The summed E-state index contributed by atoms with van der Waals surface area (Å²) in [6.45, 7) is 5.48. The summed E-state index contributed by atoms with van der Waals surface area (Å²) in [5.74, 6) is -0.0930. The smallest absolute Gasteiger partial charge is 0.255 e. The Morgan fingerprint density at radius 3 is 1.97 bits per heavy atom. The Morgan fingerprint density at radius 1 is 0.759 bits per heavy atom. The molecule has 2 aromatic carbocycles. The van der Waals surface area contributed by atoms with E-state index in [4.69, 9.17) is 0 Å². The number of carbonyl (C=O) groups excluding carboxylic acids is 2. The van der Waals surface area contributed by atoms with E-state index in [-0.39, 0.29) is 11.8 Å². The second-order valence-corrected chi connectivity index (χ2v) is 7.87. The third kappa shape index (κ3) is 4.59. The molecule has 6 heteroatoms. The van der Waals surface area contributed by atoms with Crippen molar-refractivity contribution in [1.82, 2.24) is 9.80 Å². The van der Waals surface area contributed by atoms with Gasteiger partial charge in [0.1, 0.15) is 0 Å². The van der Waals surface area contributed by atoms with Crippen LogP contribution in [0.1, 0.15) is 33.6 Å². The van der Waals surface area contributed by atoms with Crippen LogP contribution in [0.25, 0.3) is 0 Å². The molecular formula is C23H28N4O2. The highest BCUT2D eigenvalue weighted by Gasteiger charge is 2.20. The first-order chi connectivity index (χ1) is 14.1. The molecule has 4 rings (SSSR count). The van der Waals surface area contributed by atoms with Crippen molar-refractivity contribution in [2.45, 2.75) is 12.8 Å². The van der Waals surface area contributed by atoms with E-state index in [1.165, 1.54) is 18.5 Å². The molecule has 1 N–H and O–H groups in total. The van der Waals surface area contributed by atoms with Crippen LogP contribution in [0.5, 0.6) is 0 Å². The minimum absolute atomic E-state index is 0.0495. The van der Waals surface area contributed by atoms with E-state index in [2.05, 4.69) is 22.2 Å². The molecule has 0 aromatic heterocycles. The van der Waals surface area contributed by atoms with Gasteiger partial charge < -0.3 is 20.0 Å². The van der Waals surface area contributed by atoms with Gasteiger partial charge in [0.15, 0.2) is 0 Å². The number of hydrogen-bond donors (Lipinski definition) is 1. The number of nitrogens with zero attached hydrogens (tertiary/aromatic N) is 3. The molecular weight excluding hydrogens is 364 g/mol. The van der Waals surface area contributed by atoms with Crippen LogP contribution in [0.15, 0.2) is 48.5 Å². The zero-order valence-corrected chi connectivity index (χ0v) is 16.9. The SMILES string of the molecule is CN1CCN(C(=O)c2ccc(NC(=O)c3ccc(N4CCCC4)cc3)cc2)CC1. The number of benzene rings is 2. The van der Waals surface area contributed by atoms with Crippen LogP contribution < -0.4 is 10.2 Å². The molecule has 2 heterocycles. The summed E-state index contributed by atoms with van der Waals surface area (Å²) in [5, 5.41) is 2.91. The van der Waals surface area contributed by atoms with Gasteiger partial charge >= 0.3 is 0 Å². The number of anilines is 2. The van der Waals surface area contributed by atoms with E-state index in [0.717, 1.165) is 39.3 Å². The van der Waals surface area contributed by atoms with Gasteiger partial charge in [-0.05, 0) is 68.4 Å². The molecule has 29 heavy (non-hydrogen) atoms. The van der Waals surface area contributed by atoms with Crippen LogP contribution >= 0.6 is 0 Å². The van der Waals surface area contributed by atoms with Crippen molar-refractivity contribution < 1.29 is 9.59 Å². The molecule has 0 saturated carbocycles. The lowest BCUT2D eigenvalue weighted by Crippen LogP contribution is -2.47. The number of likely N-dealkylation sites (N-methyl/N-ethyl adjacent to an activating group) is 1. The number of nitrogens with one attached hydrogen (secondary N) is 1. The van der Waals surface area contributed by atoms with Crippen molar-refractivity contribution >= 4 is 23.2 Å². The largest absolute Gasteiger partial charge is 0.372 e. The van der Waals surface area contributed by atoms with E-state index < -0.39 is 0 Å². The molecule has 2 aromatic rings. The van der Waals surface area contributed by atoms with Crippen LogP contribution in [0.2, 0.25) is 0 Å². The fourth-order valence-corrected chi connectivity index (χ4v) is 3.89. The zero-order chi connectivity index (χ0) is 20.2. The van der Waals surface area contributed by atoms with Crippen molar-refractivity contribution in [3.05, 3.63) is 59.7 Å². The summed E-state index contributed by atoms with van der Waals surface area (Å²) in [6.07, 6.45) is 2.46. The molecule has 0 radical (unpaired) electrons. The highest BCUT2D eigenvalue weighted by molar-refractivity contribution is 6.04. The van der Waals surface area contributed by atoms with Crippen molar-refractivity contribution in [3.8, 4) is 0 Å². The summed E-state index contributed by atoms with van der Waals surface area (Å²) in [7, 11) is 2.07. The predicted octanol–water partition coefficient (Wildman–Crippen LogP) is 2.93. The Labute approximate surface area is 172 Å². The molecule has 0 aliphatic carbocycles. The van der Waals surface area contributed by atoms with E-state index in [1.54, 1.807) is 24.3 Å². The molecule has 2 saturated heterocycles. The first kappa shape index (κ1) is 19.5. The van der Waals surface area contributed by atoms with Gasteiger partial charge in [0.2, 0.25) is 0 Å². The average Bonchev–Trinajstić information content (AvgIpc) is 3.29. The molecule has 6 nitrogen and oxygen atoms in total. The van der Waals surface area contributed by atoms with Crippen molar-refractivity contribution in [3.63, 3.8) is 0 Å². The monoisotopic (exact) mass is 392 g/mol. The first-order valence-electron chi connectivity index (χ1n) is 10.3. The Kier molecular flexibility index (Phi) is 5.81. The molecule has 2 aliphatic heterocycles. The van der Waals surface area contributed by atoms with Crippen LogP contribution in [0.3, 0.4) is 0 Å². The van der Waals surface area contributed by atoms with Crippen molar-refractivity contribution in [2.75, 3.05) is 56.5 Å². The van der Waals surface area contributed by atoms with E-state index in [9.17, 15) is 9.59 Å². The maximum absolute atomic E-state index is 12.6. The van der Waals surface area contributed by atoms with Gasteiger partial charge in [0.25, 0.3) is 11.8 Å². The highest BCUT2D eigenvalue weighted by Crippen LogP contribution is 2.21. The van der Waals surface area contributed by atoms with E-state index in [0.29, 0.717) is 16.8 Å². The van der Waals surface area contributed by atoms with Gasteiger partial charge in [-0.15, -0.1) is 0 Å².